The lowest BCUT2D eigenvalue weighted by molar-refractivity contribution is 0.0770. The second kappa shape index (κ2) is 9.14. The molecule has 1 rings (SSSR count). The molecule has 0 aromatic carbocycles. The minimum atomic E-state index is 0.309. The van der Waals surface area contributed by atoms with Gasteiger partial charge in [0.25, 0.3) is 0 Å². The predicted molar refractivity (Wildman–Crippen MR) is 73.3 cm³/mol. The van der Waals surface area contributed by atoms with Gasteiger partial charge in [-0.25, -0.2) is 0 Å². The van der Waals surface area contributed by atoms with E-state index in [-0.39, 0.29) is 0 Å². The van der Waals surface area contributed by atoms with Crippen molar-refractivity contribution in [2.45, 2.75) is 26.4 Å². The van der Waals surface area contributed by atoms with E-state index in [9.17, 15) is 0 Å². The summed E-state index contributed by atoms with van der Waals surface area (Å²) < 4.78 is 10.9. The van der Waals surface area contributed by atoms with Crippen molar-refractivity contribution in [1.29, 1.82) is 0 Å². The number of nitrogens with one attached hydrogen (secondary N) is 1. The molecule has 1 heterocycles. The number of nitrogens with zero attached hydrogens (tertiary/aromatic N) is 1. The molecule has 0 radical (unpaired) electrons. The zero-order valence-corrected chi connectivity index (χ0v) is 11.7. The Balaban J connectivity index is 1.96. The van der Waals surface area contributed by atoms with Crippen LogP contribution in [0.4, 0.5) is 0 Å². The minimum absolute atomic E-state index is 0.309. The third kappa shape index (κ3) is 7.48. The van der Waals surface area contributed by atoms with Crippen LogP contribution in [0.25, 0.3) is 0 Å². The predicted octanol–water partition coefficient (Wildman–Crippen LogP) is 2.52. The number of rotatable bonds is 9. The van der Waals surface area contributed by atoms with Crippen LogP contribution in [0.3, 0.4) is 0 Å². The van der Waals surface area contributed by atoms with Gasteiger partial charge in [-0.2, -0.15) is 0 Å². The summed E-state index contributed by atoms with van der Waals surface area (Å²) in [6.45, 7) is 7.22. The Kier molecular flexibility index (Phi) is 7.73. The van der Waals surface area contributed by atoms with Crippen LogP contribution in [0.2, 0.25) is 5.02 Å². The van der Waals surface area contributed by atoms with Crippen LogP contribution in [0.5, 0.6) is 5.75 Å². The molecule has 1 aromatic heterocycles. The van der Waals surface area contributed by atoms with E-state index in [0.29, 0.717) is 23.5 Å². The summed E-state index contributed by atoms with van der Waals surface area (Å²) in [5.41, 5.74) is 0. The summed E-state index contributed by atoms with van der Waals surface area (Å²) in [6, 6.07) is 1.75. The fourth-order valence-corrected chi connectivity index (χ4v) is 1.52. The Morgan fingerprint density at radius 3 is 2.83 bits per heavy atom. The summed E-state index contributed by atoms with van der Waals surface area (Å²) in [4.78, 5) is 3.95. The minimum Gasteiger partial charge on any atom is -0.491 e. The second-order valence-electron chi connectivity index (χ2n) is 4.21. The van der Waals surface area contributed by atoms with Crippen molar-refractivity contribution in [3.8, 4) is 5.75 Å². The number of halogens is 1. The number of hydrogen-bond donors (Lipinski definition) is 1. The summed E-state index contributed by atoms with van der Waals surface area (Å²) in [5.74, 6) is 0.701. The maximum Gasteiger partial charge on any atom is 0.139 e. The highest BCUT2D eigenvalue weighted by atomic mass is 35.5. The fourth-order valence-electron chi connectivity index (χ4n) is 1.35. The van der Waals surface area contributed by atoms with Gasteiger partial charge in [0, 0.05) is 25.4 Å². The van der Waals surface area contributed by atoms with Gasteiger partial charge < -0.3 is 14.8 Å². The van der Waals surface area contributed by atoms with E-state index in [0.717, 1.165) is 26.1 Å². The lowest BCUT2D eigenvalue weighted by Crippen LogP contribution is -2.23. The summed E-state index contributed by atoms with van der Waals surface area (Å²) in [6.07, 6.45) is 4.56. The Labute approximate surface area is 114 Å². The first-order chi connectivity index (χ1) is 8.68. The molecule has 0 fully saturated rings. The van der Waals surface area contributed by atoms with Crippen LogP contribution in [0, 0.1) is 0 Å². The topological polar surface area (TPSA) is 43.4 Å². The first-order valence-electron chi connectivity index (χ1n) is 6.24. The summed E-state index contributed by atoms with van der Waals surface area (Å²) >= 11 is 5.80. The molecular formula is C13H21ClN2O2. The van der Waals surface area contributed by atoms with Crippen molar-refractivity contribution in [2.75, 3.05) is 26.3 Å². The van der Waals surface area contributed by atoms with Crippen LogP contribution in [-0.2, 0) is 4.74 Å². The first kappa shape index (κ1) is 15.2. The number of ether oxygens (including phenoxy) is 2. The molecule has 18 heavy (non-hydrogen) atoms. The molecule has 0 spiro atoms. The number of hydrogen-bond acceptors (Lipinski definition) is 4. The Morgan fingerprint density at radius 2 is 2.11 bits per heavy atom. The SMILES string of the molecule is CC(C)OCCCNCCOc1cncc(Cl)c1. The highest BCUT2D eigenvalue weighted by Crippen LogP contribution is 2.14. The van der Waals surface area contributed by atoms with Gasteiger partial charge in [-0.3, -0.25) is 4.98 Å². The van der Waals surface area contributed by atoms with Gasteiger partial charge in [0.2, 0.25) is 0 Å². The summed E-state index contributed by atoms with van der Waals surface area (Å²) in [7, 11) is 0. The molecule has 4 nitrogen and oxygen atoms in total. The van der Waals surface area contributed by atoms with Crippen molar-refractivity contribution in [3.05, 3.63) is 23.5 Å². The van der Waals surface area contributed by atoms with Crippen LogP contribution < -0.4 is 10.1 Å². The van der Waals surface area contributed by atoms with E-state index in [1.165, 1.54) is 0 Å². The van der Waals surface area contributed by atoms with Gasteiger partial charge in [-0.1, -0.05) is 11.6 Å². The monoisotopic (exact) mass is 272 g/mol. The number of pyridine rings is 1. The van der Waals surface area contributed by atoms with E-state index < -0.39 is 0 Å². The third-order valence-corrected chi connectivity index (χ3v) is 2.38. The lowest BCUT2D eigenvalue weighted by Gasteiger charge is -2.09. The van der Waals surface area contributed by atoms with Crippen molar-refractivity contribution in [2.24, 2.45) is 0 Å². The largest absolute Gasteiger partial charge is 0.491 e. The average Bonchev–Trinajstić information content (AvgIpc) is 2.32. The third-order valence-electron chi connectivity index (χ3n) is 2.18. The van der Waals surface area contributed by atoms with Crippen molar-refractivity contribution >= 4 is 11.6 Å². The van der Waals surface area contributed by atoms with Crippen molar-refractivity contribution < 1.29 is 9.47 Å². The standard InChI is InChI=1S/C13H21ClN2O2/c1-11(2)17-6-3-4-15-5-7-18-13-8-12(14)9-16-10-13/h8-11,15H,3-7H2,1-2H3. The molecule has 1 N–H and O–H groups in total. The maximum absolute atomic E-state index is 5.80. The van der Waals surface area contributed by atoms with E-state index in [1.807, 2.05) is 13.8 Å². The van der Waals surface area contributed by atoms with Gasteiger partial charge in [-0.15, -0.1) is 0 Å². The second-order valence-corrected chi connectivity index (χ2v) is 4.65. The zero-order valence-electron chi connectivity index (χ0n) is 11.0. The van der Waals surface area contributed by atoms with E-state index in [4.69, 9.17) is 21.1 Å². The molecule has 0 bridgehead atoms. The molecule has 0 saturated carbocycles. The molecule has 0 aliphatic carbocycles. The van der Waals surface area contributed by atoms with Gasteiger partial charge in [0.05, 0.1) is 17.3 Å². The Hall–Kier alpha value is -0.840. The molecule has 5 heteroatoms. The van der Waals surface area contributed by atoms with Gasteiger partial charge >= 0.3 is 0 Å². The van der Waals surface area contributed by atoms with Crippen molar-refractivity contribution in [3.63, 3.8) is 0 Å². The van der Waals surface area contributed by atoms with Crippen LogP contribution in [-0.4, -0.2) is 37.4 Å². The van der Waals surface area contributed by atoms with Crippen LogP contribution in [0.1, 0.15) is 20.3 Å². The average molecular weight is 273 g/mol. The highest BCUT2D eigenvalue weighted by molar-refractivity contribution is 6.30. The molecule has 0 unspecified atom stereocenters. The van der Waals surface area contributed by atoms with Crippen molar-refractivity contribution in [1.82, 2.24) is 10.3 Å². The van der Waals surface area contributed by atoms with Crippen LogP contribution in [0.15, 0.2) is 18.5 Å². The van der Waals surface area contributed by atoms with E-state index >= 15 is 0 Å². The molecule has 0 saturated heterocycles. The normalized spacial score (nSPS) is 10.9. The number of aromatic nitrogens is 1. The Bertz CT molecular complexity index is 335. The molecule has 1 aromatic rings. The van der Waals surface area contributed by atoms with Gasteiger partial charge in [-0.05, 0) is 26.8 Å². The first-order valence-corrected chi connectivity index (χ1v) is 6.62. The molecular weight excluding hydrogens is 252 g/mol. The van der Waals surface area contributed by atoms with Crippen LogP contribution >= 0.6 is 11.6 Å². The smallest absolute Gasteiger partial charge is 0.139 e. The molecule has 102 valence electrons. The van der Waals surface area contributed by atoms with Gasteiger partial charge in [0.15, 0.2) is 0 Å². The molecule has 0 aliphatic heterocycles. The van der Waals surface area contributed by atoms with E-state index in [2.05, 4.69) is 10.3 Å². The molecule has 0 atom stereocenters. The summed E-state index contributed by atoms with van der Waals surface area (Å²) in [5, 5.41) is 3.87. The van der Waals surface area contributed by atoms with Gasteiger partial charge in [0.1, 0.15) is 12.4 Å². The Morgan fingerprint density at radius 1 is 1.28 bits per heavy atom. The molecule has 0 aliphatic rings. The lowest BCUT2D eigenvalue weighted by atomic mass is 10.4. The van der Waals surface area contributed by atoms with E-state index in [1.54, 1.807) is 18.5 Å². The zero-order chi connectivity index (χ0) is 13.2. The quantitative estimate of drug-likeness (QED) is 0.702. The fraction of sp³-hybridized carbons (Fsp3) is 0.615. The highest BCUT2D eigenvalue weighted by Gasteiger charge is 1.96. The molecule has 0 amide bonds. The maximum atomic E-state index is 5.80.